The van der Waals surface area contributed by atoms with Crippen molar-refractivity contribution < 1.29 is 18.3 Å². The van der Waals surface area contributed by atoms with Crippen molar-refractivity contribution in [2.24, 2.45) is 5.73 Å². The summed E-state index contributed by atoms with van der Waals surface area (Å²) in [5.74, 6) is -1.77. The highest BCUT2D eigenvalue weighted by Gasteiger charge is 2.28. The van der Waals surface area contributed by atoms with Crippen LogP contribution in [-0.2, 0) is 4.79 Å². The second-order valence-corrected chi connectivity index (χ2v) is 5.43. The predicted molar refractivity (Wildman–Crippen MR) is 77.0 cm³/mol. The van der Waals surface area contributed by atoms with Crippen molar-refractivity contribution in [3.05, 3.63) is 29.8 Å². The van der Waals surface area contributed by atoms with E-state index in [4.69, 9.17) is 10.5 Å². The first-order chi connectivity index (χ1) is 9.76. The summed E-state index contributed by atoms with van der Waals surface area (Å²) in [5, 5.41) is 2.72. The minimum absolute atomic E-state index is 0.0541. The molecule has 1 aromatic rings. The van der Waals surface area contributed by atoms with E-state index in [2.05, 4.69) is 5.32 Å². The Bertz CT molecular complexity index is 493. The third-order valence-electron chi connectivity index (χ3n) is 3.05. The van der Waals surface area contributed by atoms with Gasteiger partial charge in [-0.05, 0) is 32.4 Å². The molecule has 3 N–H and O–H groups in total. The van der Waals surface area contributed by atoms with Crippen LogP contribution in [0.4, 0.5) is 8.78 Å². The molecule has 0 saturated heterocycles. The summed E-state index contributed by atoms with van der Waals surface area (Å²) < 4.78 is 31.4. The van der Waals surface area contributed by atoms with Crippen molar-refractivity contribution in [3.63, 3.8) is 0 Å². The van der Waals surface area contributed by atoms with Crippen LogP contribution < -0.4 is 15.8 Å². The number of nitrogens with one attached hydrogen (secondary N) is 1. The molecule has 0 heterocycles. The molecule has 0 aromatic heterocycles. The van der Waals surface area contributed by atoms with Crippen molar-refractivity contribution in [3.8, 4) is 5.75 Å². The second-order valence-electron chi connectivity index (χ2n) is 5.43. The van der Waals surface area contributed by atoms with Crippen molar-refractivity contribution in [1.82, 2.24) is 5.32 Å². The molecule has 0 bridgehead atoms. The number of rotatable bonds is 7. The number of carbonyl (C=O) groups excluding carboxylic acids is 1. The fraction of sp³-hybridized carbons (Fsp3) is 0.533. The van der Waals surface area contributed by atoms with Gasteiger partial charge in [0.15, 0.2) is 11.6 Å². The number of halogens is 2. The highest BCUT2D eigenvalue weighted by molar-refractivity contribution is 5.85. The molecule has 0 aliphatic carbocycles. The van der Waals surface area contributed by atoms with Gasteiger partial charge in [-0.3, -0.25) is 4.79 Å². The maximum absolute atomic E-state index is 13.4. The number of nitrogens with two attached hydrogens (primary N) is 1. The molecule has 2 unspecified atom stereocenters. The Labute approximate surface area is 123 Å². The van der Waals surface area contributed by atoms with Crippen molar-refractivity contribution in [2.45, 2.75) is 45.2 Å². The van der Waals surface area contributed by atoms with Crippen LogP contribution in [0.2, 0.25) is 0 Å². The van der Waals surface area contributed by atoms with Gasteiger partial charge in [-0.25, -0.2) is 8.78 Å². The summed E-state index contributed by atoms with van der Waals surface area (Å²) >= 11 is 0. The smallest absolute Gasteiger partial charge is 0.240 e. The van der Waals surface area contributed by atoms with E-state index in [0.717, 1.165) is 18.6 Å². The van der Waals surface area contributed by atoms with Crippen molar-refractivity contribution in [2.75, 3.05) is 6.61 Å². The van der Waals surface area contributed by atoms with Crippen molar-refractivity contribution in [1.29, 1.82) is 0 Å². The summed E-state index contributed by atoms with van der Waals surface area (Å²) in [6, 6.07) is 2.72. The average Bonchev–Trinajstić information content (AvgIpc) is 2.37. The normalized spacial score (nSPS) is 15.1. The van der Waals surface area contributed by atoms with Crippen LogP contribution in [0.1, 0.15) is 33.6 Å². The molecule has 0 saturated carbocycles. The highest BCUT2D eigenvalue weighted by atomic mass is 19.1. The van der Waals surface area contributed by atoms with Gasteiger partial charge in [-0.2, -0.15) is 0 Å². The Hall–Kier alpha value is -1.69. The number of benzene rings is 1. The summed E-state index contributed by atoms with van der Waals surface area (Å²) in [7, 11) is 0. The first-order valence-corrected chi connectivity index (χ1v) is 6.94. The first-order valence-electron chi connectivity index (χ1n) is 6.94. The topological polar surface area (TPSA) is 64.4 Å². The van der Waals surface area contributed by atoms with E-state index in [0.29, 0.717) is 6.42 Å². The highest BCUT2D eigenvalue weighted by Crippen LogP contribution is 2.17. The predicted octanol–water partition coefficient (Wildman–Crippen LogP) is 2.37. The lowest BCUT2D eigenvalue weighted by Gasteiger charge is -2.25. The van der Waals surface area contributed by atoms with Crippen LogP contribution in [0.3, 0.4) is 0 Å². The van der Waals surface area contributed by atoms with E-state index < -0.39 is 17.2 Å². The standard InChI is InChI=1S/C15H22F2N2O2/c1-4-7-15(3,18)14(20)19-10(2)9-21-13-6-5-11(16)8-12(13)17/h5-6,8,10H,4,7,9,18H2,1-3H3,(H,19,20). The number of ether oxygens (including phenoxy) is 1. The molecule has 0 aliphatic heterocycles. The number of amides is 1. The van der Waals surface area contributed by atoms with Gasteiger partial charge in [0, 0.05) is 6.07 Å². The molecule has 0 fully saturated rings. The summed E-state index contributed by atoms with van der Waals surface area (Å²) in [5.41, 5.74) is 4.97. The lowest BCUT2D eigenvalue weighted by atomic mass is 9.96. The van der Waals surface area contributed by atoms with Gasteiger partial charge in [0.25, 0.3) is 0 Å². The molecule has 0 spiro atoms. The van der Waals surface area contributed by atoms with Crippen LogP contribution in [0, 0.1) is 11.6 Å². The van der Waals surface area contributed by atoms with E-state index in [1.54, 1.807) is 13.8 Å². The fourth-order valence-electron chi connectivity index (χ4n) is 1.87. The number of hydrogen-bond acceptors (Lipinski definition) is 3. The largest absolute Gasteiger partial charge is 0.488 e. The third-order valence-corrected chi connectivity index (χ3v) is 3.05. The Balaban J connectivity index is 2.50. The molecule has 118 valence electrons. The van der Waals surface area contributed by atoms with E-state index >= 15 is 0 Å². The van der Waals surface area contributed by atoms with Gasteiger partial charge in [-0.1, -0.05) is 13.3 Å². The third kappa shape index (κ3) is 5.30. The Morgan fingerprint density at radius 2 is 2.14 bits per heavy atom. The monoisotopic (exact) mass is 300 g/mol. The zero-order chi connectivity index (χ0) is 16.0. The minimum atomic E-state index is -0.940. The summed E-state index contributed by atoms with van der Waals surface area (Å²) in [6.45, 7) is 5.40. The van der Waals surface area contributed by atoms with Crippen LogP contribution >= 0.6 is 0 Å². The molecular formula is C15H22F2N2O2. The van der Waals surface area contributed by atoms with E-state index in [-0.39, 0.29) is 24.3 Å². The van der Waals surface area contributed by atoms with Gasteiger partial charge in [0.2, 0.25) is 5.91 Å². The zero-order valence-electron chi connectivity index (χ0n) is 12.6. The maximum atomic E-state index is 13.4. The minimum Gasteiger partial charge on any atom is -0.488 e. The van der Waals surface area contributed by atoms with Gasteiger partial charge in [0.1, 0.15) is 12.4 Å². The van der Waals surface area contributed by atoms with E-state index in [1.165, 1.54) is 6.07 Å². The van der Waals surface area contributed by atoms with Crippen LogP contribution in [0.15, 0.2) is 18.2 Å². The maximum Gasteiger partial charge on any atom is 0.240 e. The molecule has 0 aliphatic rings. The van der Waals surface area contributed by atoms with Crippen LogP contribution in [-0.4, -0.2) is 24.1 Å². The van der Waals surface area contributed by atoms with E-state index in [9.17, 15) is 13.6 Å². The fourth-order valence-corrected chi connectivity index (χ4v) is 1.87. The van der Waals surface area contributed by atoms with Gasteiger partial charge in [-0.15, -0.1) is 0 Å². The molecule has 1 amide bonds. The van der Waals surface area contributed by atoms with Crippen LogP contribution in [0.5, 0.6) is 5.75 Å². The lowest BCUT2D eigenvalue weighted by Crippen LogP contribution is -2.54. The molecule has 4 nitrogen and oxygen atoms in total. The zero-order valence-corrected chi connectivity index (χ0v) is 12.6. The van der Waals surface area contributed by atoms with Gasteiger partial charge >= 0.3 is 0 Å². The van der Waals surface area contributed by atoms with E-state index in [1.807, 2.05) is 6.92 Å². The Kier molecular flexibility index (Phi) is 6.08. The molecule has 2 atom stereocenters. The SMILES string of the molecule is CCCC(C)(N)C(=O)NC(C)COc1ccc(F)cc1F. The van der Waals surface area contributed by atoms with Gasteiger partial charge < -0.3 is 15.8 Å². The molecule has 6 heteroatoms. The van der Waals surface area contributed by atoms with Crippen molar-refractivity contribution >= 4 is 5.91 Å². The molecule has 1 aromatic carbocycles. The van der Waals surface area contributed by atoms with Crippen LogP contribution in [0.25, 0.3) is 0 Å². The molecular weight excluding hydrogens is 278 g/mol. The summed E-state index contributed by atoms with van der Waals surface area (Å²) in [6.07, 6.45) is 1.37. The molecule has 21 heavy (non-hydrogen) atoms. The lowest BCUT2D eigenvalue weighted by molar-refractivity contribution is -0.126. The Morgan fingerprint density at radius 3 is 2.71 bits per heavy atom. The first kappa shape index (κ1) is 17.4. The average molecular weight is 300 g/mol. The summed E-state index contributed by atoms with van der Waals surface area (Å²) in [4.78, 5) is 12.0. The molecule has 0 radical (unpaired) electrons. The van der Waals surface area contributed by atoms with Gasteiger partial charge in [0.05, 0.1) is 11.6 Å². The molecule has 1 rings (SSSR count). The number of hydrogen-bond donors (Lipinski definition) is 2. The quantitative estimate of drug-likeness (QED) is 0.812. The number of carbonyl (C=O) groups is 1. The Morgan fingerprint density at radius 1 is 1.48 bits per heavy atom. The second kappa shape index (κ2) is 7.36.